The zero-order chi connectivity index (χ0) is 22.9. The van der Waals surface area contributed by atoms with E-state index in [4.69, 9.17) is 4.74 Å². The molecular weight excluding hydrogens is 438 g/mol. The van der Waals surface area contributed by atoms with Gasteiger partial charge in [-0.1, -0.05) is 32.8 Å². The molecule has 8 nitrogen and oxygen atoms in total. The third-order valence-electron chi connectivity index (χ3n) is 4.28. The van der Waals surface area contributed by atoms with Gasteiger partial charge in [0.25, 0.3) is 5.91 Å². The van der Waals surface area contributed by atoms with Crippen LogP contribution in [-0.4, -0.2) is 29.4 Å². The maximum atomic E-state index is 13.1. The molecule has 0 saturated carbocycles. The van der Waals surface area contributed by atoms with Gasteiger partial charge in [0, 0.05) is 24.6 Å². The Morgan fingerprint density at radius 1 is 1.29 bits per heavy atom. The Bertz CT molecular complexity index is 1030. The van der Waals surface area contributed by atoms with Gasteiger partial charge in [0.1, 0.15) is 11.9 Å². The Labute approximate surface area is 186 Å². The van der Waals surface area contributed by atoms with Crippen LogP contribution < -0.4 is 14.9 Å². The largest absolute Gasteiger partial charge is 0.408 e. The van der Waals surface area contributed by atoms with Crippen molar-refractivity contribution >= 4 is 27.7 Å². The second-order valence-corrected chi connectivity index (χ2v) is 9.70. The Hall–Kier alpha value is -2.58. The van der Waals surface area contributed by atoms with Gasteiger partial charge in [0.2, 0.25) is 10.0 Å². The quantitative estimate of drug-likeness (QED) is 0.226. The van der Waals surface area contributed by atoms with Crippen molar-refractivity contribution in [3.63, 3.8) is 0 Å². The third kappa shape index (κ3) is 6.45. The van der Waals surface area contributed by atoms with Crippen LogP contribution in [0.25, 0.3) is 0 Å². The molecule has 0 aliphatic carbocycles. The number of amides is 1. The molecule has 166 valence electrons. The molecule has 2 rings (SSSR count). The molecule has 1 aromatic carbocycles. The highest BCUT2D eigenvalue weighted by Gasteiger charge is 2.46. The molecule has 0 fully saturated rings. The predicted molar refractivity (Wildman–Crippen MR) is 118 cm³/mol. The highest BCUT2D eigenvalue weighted by atomic mass is 32.2. The minimum atomic E-state index is -4.11. The van der Waals surface area contributed by atoms with E-state index in [9.17, 15) is 18.4 Å². The van der Waals surface area contributed by atoms with E-state index >= 15 is 0 Å². The summed E-state index contributed by atoms with van der Waals surface area (Å²) in [6.07, 6.45) is 6.40. The first-order valence-corrected chi connectivity index (χ1v) is 12.0. The molecule has 0 radical (unpaired) electrons. The van der Waals surface area contributed by atoms with E-state index in [1.165, 1.54) is 24.3 Å². The van der Waals surface area contributed by atoms with E-state index in [2.05, 4.69) is 21.7 Å². The number of carbonyl (C=O) groups excluding carboxylic acids is 1. The first-order valence-electron chi connectivity index (χ1n) is 9.51. The zero-order valence-corrected chi connectivity index (χ0v) is 19.1. The van der Waals surface area contributed by atoms with Crippen LogP contribution >= 0.6 is 11.8 Å². The molecule has 0 saturated heterocycles. The molecule has 31 heavy (non-hydrogen) atoms. The summed E-state index contributed by atoms with van der Waals surface area (Å²) < 4.78 is 33.9. The summed E-state index contributed by atoms with van der Waals surface area (Å²) in [5, 5.41) is 9.33. The number of hydrogen-bond donors (Lipinski definition) is 3. The van der Waals surface area contributed by atoms with Gasteiger partial charge in [-0.15, -0.1) is 11.8 Å². The number of sulfonamides is 1. The third-order valence-corrected chi connectivity index (χ3v) is 7.58. The zero-order valence-electron chi connectivity index (χ0n) is 17.5. The van der Waals surface area contributed by atoms with Gasteiger partial charge in [0.05, 0.1) is 4.90 Å². The minimum Gasteiger partial charge on any atom is -0.408 e. The molecule has 1 amide bonds. The summed E-state index contributed by atoms with van der Waals surface area (Å²) >= 11 is 1.06. The number of nitrogens with zero attached hydrogens (tertiary/aromatic N) is 1. The number of hydroxylamine groups is 1. The highest BCUT2D eigenvalue weighted by molar-refractivity contribution is 8.01. The normalized spacial score (nSPS) is 13.1. The molecule has 1 heterocycles. The van der Waals surface area contributed by atoms with E-state index in [1.807, 2.05) is 13.0 Å². The van der Waals surface area contributed by atoms with Crippen molar-refractivity contribution in [2.75, 3.05) is 0 Å². The number of thioether (sulfide) groups is 1. The van der Waals surface area contributed by atoms with Crippen molar-refractivity contribution in [1.29, 1.82) is 0 Å². The second-order valence-electron chi connectivity index (χ2n) is 6.79. The molecule has 2 aromatic rings. The average molecular weight is 464 g/mol. The fraction of sp³-hybridized carbons (Fsp3) is 0.333. The fourth-order valence-corrected chi connectivity index (χ4v) is 5.54. The van der Waals surface area contributed by atoms with Crippen LogP contribution in [0.15, 0.2) is 53.7 Å². The standard InChI is InChI=1S/C21H25N3O5S2/c1-4-5-13-29-18-8-10-19(11-9-18)31(27,28)24-21(16(2)3,20(25)23-26)30-15-17-7-6-12-22-14-17/h6-12,14,16,24,26H,4,15H2,1-3H3,(H,23,25). The SMILES string of the molecule is CCC#COc1ccc(S(=O)(=O)NC(SCc2cccnc2)(C(=O)NO)C(C)C)cc1. The van der Waals surface area contributed by atoms with E-state index in [1.54, 1.807) is 37.8 Å². The maximum Gasteiger partial charge on any atom is 0.275 e. The number of benzene rings is 1. The van der Waals surface area contributed by atoms with E-state index in [0.717, 1.165) is 17.3 Å². The van der Waals surface area contributed by atoms with Gasteiger partial charge < -0.3 is 4.74 Å². The van der Waals surface area contributed by atoms with Gasteiger partial charge in [-0.2, -0.15) is 4.72 Å². The Morgan fingerprint density at radius 3 is 2.55 bits per heavy atom. The van der Waals surface area contributed by atoms with Crippen LogP contribution in [0.3, 0.4) is 0 Å². The van der Waals surface area contributed by atoms with Crippen LogP contribution in [0.2, 0.25) is 0 Å². The first-order chi connectivity index (χ1) is 14.7. The van der Waals surface area contributed by atoms with Crippen LogP contribution in [-0.2, 0) is 20.6 Å². The lowest BCUT2D eigenvalue weighted by Crippen LogP contribution is -2.59. The molecule has 1 unspecified atom stereocenters. The summed E-state index contributed by atoms with van der Waals surface area (Å²) in [7, 11) is -4.11. The van der Waals surface area contributed by atoms with E-state index in [-0.39, 0.29) is 4.90 Å². The number of rotatable bonds is 9. The summed E-state index contributed by atoms with van der Waals surface area (Å²) in [6, 6.07) is 9.24. The lowest BCUT2D eigenvalue weighted by Gasteiger charge is -2.35. The summed E-state index contributed by atoms with van der Waals surface area (Å²) in [4.78, 5) is 15.0. The van der Waals surface area contributed by atoms with E-state index in [0.29, 0.717) is 17.9 Å². The molecule has 1 atom stereocenters. The van der Waals surface area contributed by atoms with Crippen molar-refractivity contribution < 1.29 is 23.2 Å². The second kappa shape index (κ2) is 11.2. The monoisotopic (exact) mass is 463 g/mol. The van der Waals surface area contributed by atoms with Crippen molar-refractivity contribution in [2.24, 2.45) is 5.92 Å². The van der Waals surface area contributed by atoms with Crippen LogP contribution in [0, 0.1) is 17.9 Å². The molecule has 1 aromatic heterocycles. The molecule has 10 heteroatoms. The molecule has 0 bridgehead atoms. The number of carbonyl (C=O) groups is 1. The topological polar surface area (TPSA) is 118 Å². The first kappa shape index (κ1) is 24.7. The Morgan fingerprint density at radius 2 is 2.00 bits per heavy atom. The molecule has 3 N–H and O–H groups in total. The Balaban J connectivity index is 2.32. The van der Waals surface area contributed by atoms with Crippen molar-refractivity contribution in [3.8, 4) is 17.8 Å². The summed E-state index contributed by atoms with van der Waals surface area (Å²) in [5.41, 5.74) is 2.40. The number of aromatic nitrogens is 1. The van der Waals surface area contributed by atoms with Gasteiger partial charge in [0.15, 0.2) is 4.87 Å². The number of ether oxygens (including phenoxy) is 1. The molecule has 0 aliphatic rings. The minimum absolute atomic E-state index is 0.0546. The van der Waals surface area contributed by atoms with Crippen LogP contribution in [0.4, 0.5) is 0 Å². The van der Waals surface area contributed by atoms with Crippen molar-refractivity contribution in [1.82, 2.24) is 15.2 Å². The number of nitrogens with one attached hydrogen (secondary N) is 2. The van der Waals surface area contributed by atoms with Gasteiger partial charge in [-0.25, -0.2) is 13.9 Å². The molecular formula is C21H25N3O5S2. The van der Waals surface area contributed by atoms with Gasteiger partial charge in [-0.3, -0.25) is 15.0 Å². The maximum absolute atomic E-state index is 13.1. The van der Waals surface area contributed by atoms with E-state index < -0.39 is 26.7 Å². The van der Waals surface area contributed by atoms with Crippen LogP contribution in [0.5, 0.6) is 5.75 Å². The lowest BCUT2D eigenvalue weighted by molar-refractivity contribution is -0.133. The molecule has 0 aliphatic heterocycles. The summed E-state index contributed by atoms with van der Waals surface area (Å²) in [6.45, 7) is 5.27. The fourth-order valence-electron chi connectivity index (χ4n) is 2.56. The van der Waals surface area contributed by atoms with Gasteiger partial charge >= 0.3 is 0 Å². The highest BCUT2D eigenvalue weighted by Crippen LogP contribution is 2.35. The van der Waals surface area contributed by atoms with Gasteiger partial charge in [-0.05, 0) is 41.8 Å². The van der Waals surface area contributed by atoms with Crippen LogP contribution in [0.1, 0.15) is 32.8 Å². The van der Waals surface area contributed by atoms with Crippen molar-refractivity contribution in [3.05, 3.63) is 54.4 Å². The average Bonchev–Trinajstić information content (AvgIpc) is 2.77. The lowest BCUT2D eigenvalue weighted by atomic mass is 10.0. The van der Waals surface area contributed by atoms with Crippen molar-refractivity contribution in [2.45, 2.75) is 42.7 Å². The number of pyridine rings is 1. The number of hydrogen-bond acceptors (Lipinski definition) is 7. The smallest absolute Gasteiger partial charge is 0.275 e. The molecule has 0 spiro atoms. The Kier molecular flexibility index (Phi) is 8.88. The predicted octanol–water partition coefficient (Wildman–Crippen LogP) is 2.90. The summed E-state index contributed by atoms with van der Waals surface area (Å²) in [5.74, 6) is 2.08.